The maximum atomic E-state index is 3.79. The van der Waals surface area contributed by atoms with E-state index < -0.39 is 0 Å². The Bertz CT molecular complexity index is 257. The van der Waals surface area contributed by atoms with Gasteiger partial charge in [0.2, 0.25) is 0 Å². The molecule has 3 heteroatoms. The van der Waals surface area contributed by atoms with Crippen molar-refractivity contribution in [2.75, 3.05) is 6.54 Å². The average Bonchev–Trinajstić information content (AvgIpc) is 2.47. The van der Waals surface area contributed by atoms with Gasteiger partial charge in [-0.15, -0.1) is 17.9 Å². The van der Waals surface area contributed by atoms with Crippen LogP contribution in [0, 0.1) is 0 Å². The zero-order chi connectivity index (χ0) is 8.97. The molecule has 0 saturated heterocycles. The van der Waals surface area contributed by atoms with Crippen LogP contribution in [-0.4, -0.2) is 6.54 Å². The van der Waals surface area contributed by atoms with E-state index in [0.29, 0.717) is 0 Å². The van der Waals surface area contributed by atoms with Crippen LogP contribution in [0.25, 0.3) is 0 Å². The van der Waals surface area contributed by atoms with Crippen molar-refractivity contribution in [2.45, 2.75) is 13.0 Å². The van der Waals surface area contributed by atoms with Gasteiger partial charge in [-0.3, -0.25) is 0 Å². The van der Waals surface area contributed by atoms with Crippen molar-refractivity contribution in [1.29, 1.82) is 0 Å². The van der Waals surface area contributed by atoms with E-state index in [1.807, 2.05) is 6.08 Å². The van der Waals surface area contributed by atoms with Crippen molar-refractivity contribution < 1.29 is 0 Å². The summed E-state index contributed by atoms with van der Waals surface area (Å²) in [5.41, 5.74) is 1.28. The van der Waals surface area contributed by atoms with Crippen LogP contribution >= 0.6 is 27.3 Å². The largest absolute Gasteiger partial charge is 0.307 e. The Labute approximate surface area is 85.6 Å². The molecular weight excluding hydrogens is 234 g/mol. The van der Waals surface area contributed by atoms with Crippen molar-refractivity contribution in [3.63, 3.8) is 0 Å². The first-order valence-electron chi connectivity index (χ1n) is 3.87. The number of nitrogens with one attached hydrogen (secondary N) is 1. The van der Waals surface area contributed by atoms with Crippen LogP contribution < -0.4 is 5.32 Å². The van der Waals surface area contributed by atoms with Gasteiger partial charge in [-0.25, -0.2) is 0 Å². The van der Waals surface area contributed by atoms with Crippen LogP contribution in [-0.2, 0) is 0 Å². The van der Waals surface area contributed by atoms with Gasteiger partial charge in [0.25, 0.3) is 0 Å². The van der Waals surface area contributed by atoms with Gasteiger partial charge in [0, 0.05) is 0 Å². The molecule has 1 aromatic rings. The quantitative estimate of drug-likeness (QED) is 0.803. The van der Waals surface area contributed by atoms with Gasteiger partial charge in [0.15, 0.2) is 0 Å². The van der Waals surface area contributed by atoms with Crippen LogP contribution in [0.3, 0.4) is 0 Å². The summed E-state index contributed by atoms with van der Waals surface area (Å²) >= 11 is 5.14. The molecule has 0 fully saturated rings. The first kappa shape index (κ1) is 9.96. The Kier molecular flexibility index (Phi) is 3.98. The zero-order valence-electron chi connectivity index (χ0n) is 7.01. The molecule has 0 bridgehead atoms. The molecule has 1 heterocycles. The summed E-state index contributed by atoms with van der Waals surface area (Å²) < 4.78 is 1.17. The fraction of sp³-hybridized carbons (Fsp3) is 0.333. The predicted octanol–water partition coefficient (Wildman–Crippen LogP) is 3.35. The molecule has 1 aromatic heterocycles. The second-order valence-corrected chi connectivity index (χ2v) is 4.75. The fourth-order valence-corrected chi connectivity index (χ4v) is 2.26. The summed E-state index contributed by atoms with van der Waals surface area (Å²) in [4.78, 5) is 0. The first-order chi connectivity index (χ1) is 5.77. The molecule has 0 aliphatic heterocycles. The van der Waals surface area contributed by atoms with Crippen molar-refractivity contribution >= 4 is 27.3 Å². The highest BCUT2D eigenvalue weighted by Gasteiger charge is 2.06. The van der Waals surface area contributed by atoms with Crippen LogP contribution in [0.4, 0.5) is 0 Å². The van der Waals surface area contributed by atoms with Gasteiger partial charge < -0.3 is 5.32 Å². The Balaban J connectivity index is 2.72. The summed E-state index contributed by atoms with van der Waals surface area (Å²) in [7, 11) is 0. The topological polar surface area (TPSA) is 12.0 Å². The van der Waals surface area contributed by atoms with E-state index >= 15 is 0 Å². The lowest BCUT2D eigenvalue weighted by Gasteiger charge is -2.10. The summed E-state index contributed by atoms with van der Waals surface area (Å²) in [6, 6.07) is 2.41. The summed E-state index contributed by atoms with van der Waals surface area (Å²) in [5.74, 6) is 0. The molecule has 0 radical (unpaired) electrons. The summed E-state index contributed by atoms with van der Waals surface area (Å²) in [6.07, 6.45) is 1.93. The lowest BCUT2D eigenvalue weighted by atomic mass is 10.1. The van der Waals surface area contributed by atoms with Gasteiger partial charge in [-0.05, 0) is 39.5 Å². The molecule has 0 aliphatic carbocycles. The summed E-state index contributed by atoms with van der Waals surface area (Å²) in [6.45, 7) is 6.85. The molecule has 0 aromatic carbocycles. The lowest BCUT2D eigenvalue weighted by Crippen LogP contribution is -2.17. The van der Waals surface area contributed by atoms with Crippen molar-refractivity contribution in [3.8, 4) is 0 Å². The monoisotopic (exact) mass is 245 g/mol. The third-order valence-electron chi connectivity index (χ3n) is 1.61. The average molecular weight is 246 g/mol. The highest BCUT2D eigenvalue weighted by molar-refractivity contribution is 9.11. The summed E-state index contributed by atoms with van der Waals surface area (Å²) in [5, 5.41) is 5.47. The minimum Gasteiger partial charge on any atom is -0.307 e. The molecule has 0 aliphatic rings. The zero-order valence-corrected chi connectivity index (χ0v) is 9.41. The highest BCUT2D eigenvalue weighted by Crippen LogP contribution is 2.25. The third kappa shape index (κ3) is 2.44. The predicted molar refractivity (Wildman–Crippen MR) is 58.6 cm³/mol. The van der Waals surface area contributed by atoms with Gasteiger partial charge in [-0.1, -0.05) is 13.0 Å². The van der Waals surface area contributed by atoms with Crippen LogP contribution in [0.1, 0.15) is 18.5 Å². The molecule has 1 N–H and O–H groups in total. The maximum absolute atomic E-state index is 3.79. The molecular formula is C9H12BrNS. The maximum Gasteiger partial charge on any atom is 0.0701 e. The third-order valence-corrected chi connectivity index (χ3v) is 3.13. The number of hydrogen-bond acceptors (Lipinski definition) is 2. The molecule has 1 rings (SSSR count). The van der Waals surface area contributed by atoms with E-state index in [0.717, 1.165) is 6.54 Å². The SMILES string of the molecule is C=CC(NCC)c1csc(Br)c1. The molecule has 1 unspecified atom stereocenters. The normalized spacial score (nSPS) is 12.8. The molecule has 0 amide bonds. The van der Waals surface area contributed by atoms with Crippen LogP contribution in [0.15, 0.2) is 27.9 Å². The molecule has 1 nitrogen and oxygen atoms in total. The molecule has 1 atom stereocenters. The number of halogens is 1. The Morgan fingerprint density at radius 3 is 3.00 bits per heavy atom. The minimum absolute atomic E-state index is 0.289. The van der Waals surface area contributed by atoms with Gasteiger partial charge in [0.05, 0.1) is 9.83 Å². The molecule has 0 spiro atoms. The first-order valence-corrected chi connectivity index (χ1v) is 5.55. The number of thiophene rings is 1. The Morgan fingerprint density at radius 2 is 2.58 bits per heavy atom. The number of hydrogen-bond donors (Lipinski definition) is 1. The molecule has 0 saturated carbocycles. The highest BCUT2D eigenvalue weighted by atomic mass is 79.9. The molecule has 12 heavy (non-hydrogen) atoms. The van der Waals surface area contributed by atoms with E-state index in [2.05, 4.69) is 46.2 Å². The smallest absolute Gasteiger partial charge is 0.0701 e. The van der Waals surface area contributed by atoms with E-state index in [4.69, 9.17) is 0 Å². The fourth-order valence-electron chi connectivity index (χ4n) is 1.04. The van der Waals surface area contributed by atoms with Gasteiger partial charge in [0.1, 0.15) is 0 Å². The second-order valence-electron chi connectivity index (χ2n) is 2.46. The minimum atomic E-state index is 0.289. The van der Waals surface area contributed by atoms with Crippen molar-refractivity contribution in [1.82, 2.24) is 5.32 Å². The van der Waals surface area contributed by atoms with Gasteiger partial charge >= 0.3 is 0 Å². The number of likely N-dealkylation sites (N-methyl/N-ethyl adjacent to an activating group) is 1. The van der Waals surface area contributed by atoms with Crippen LogP contribution in [0.5, 0.6) is 0 Å². The van der Waals surface area contributed by atoms with E-state index in [1.165, 1.54) is 9.35 Å². The van der Waals surface area contributed by atoms with Crippen molar-refractivity contribution in [2.24, 2.45) is 0 Å². The van der Waals surface area contributed by atoms with Crippen LogP contribution in [0.2, 0.25) is 0 Å². The standard InChI is InChI=1S/C9H12BrNS/c1-3-8(11-4-2)7-5-9(10)12-6-7/h3,5-6,8,11H,1,4H2,2H3. The Hall–Kier alpha value is -0.120. The number of rotatable bonds is 4. The van der Waals surface area contributed by atoms with E-state index in [1.54, 1.807) is 11.3 Å². The van der Waals surface area contributed by atoms with E-state index in [9.17, 15) is 0 Å². The second kappa shape index (κ2) is 4.80. The van der Waals surface area contributed by atoms with Gasteiger partial charge in [-0.2, -0.15) is 0 Å². The van der Waals surface area contributed by atoms with E-state index in [-0.39, 0.29) is 6.04 Å². The lowest BCUT2D eigenvalue weighted by molar-refractivity contribution is 0.651. The molecule has 66 valence electrons. The Morgan fingerprint density at radius 1 is 1.83 bits per heavy atom. The van der Waals surface area contributed by atoms with Crippen molar-refractivity contribution in [3.05, 3.63) is 33.5 Å².